The van der Waals surface area contributed by atoms with E-state index in [4.69, 9.17) is 0 Å². The standard InChI is InChI=1S/C20H16N4O3S/c1-2-24-18(25)16(11-17-21-14-9-5-6-10-15(14)22-17)28-20(24)23-13-8-4-3-7-12(13)19(26)27/h3-11,25H,2H2,1H3,(H,26,27). The number of rotatable bonds is 4. The molecular weight excluding hydrogens is 376 g/mol. The van der Waals surface area contributed by atoms with Crippen molar-refractivity contribution in [2.75, 3.05) is 0 Å². The fourth-order valence-electron chi connectivity index (χ4n) is 2.85. The summed E-state index contributed by atoms with van der Waals surface area (Å²) >= 11 is 1.25. The van der Waals surface area contributed by atoms with Crippen molar-refractivity contribution in [1.29, 1.82) is 0 Å². The molecule has 28 heavy (non-hydrogen) atoms. The molecule has 0 fully saturated rings. The molecule has 0 bridgehead atoms. The molecule has 0 unspecified atom stereocenters. The van der Waals surface area contributed by atoms with E-state index in [0.29, 0.717) is 27.7 Å². The van der Waals surface area contributed by atoms with Crippen LogP contribution in [0.3, 0.4) is 0 Å². The molecular formula is C20H16N4O3S. The molecule has 2 heterocycles. The maximum Gasteiger partial charge on any atom is 0.337 e. The van der Waals surface area contributed by atoms with Crippen LogP contribution in [0.2, 0.25) is 0 Å². The van der Waals surface area contributed by atoms with Gasteiger partial charge in [0.15, 0.2) is 10.6 Å². The Kier molecular flexibility index (Phi) is 4.62. The highest BCUT2D eigenvalue weighted by atomic mass is 32.1. The van der Waals surface area contributed by atoms with E-state index in [2.05, 4.69) is 15.0 Å². The first-order valence-corrected chi connectivity index (χ1v) is 9.42. The lowest BCUT2D eigenvalue weighted by atomic mass is 10.2. The molecule has 1 aromatic heterocycles. The summed E-state index contributed by atoms with van der Waals surface area (Å²) in [5, 5.41) is 21.5. The third-order valence-corrected chi connectivity index (χ3v) is 5.20. The first-order chi connectivity index (χ1) is 13.6. The molecule has 0 amide bonds. The van der Waals surface area contributed by atoms with Crippen LogP contribution in [0.25, 0.3) is 6.08 Å². The number of para-hydroxylation sites is 3. The van der Waals surface area contributed by atoms with Gasteiger partial charge in [0.2, 0.25) is 5.88 Å². The van der Waals surface area contributed by atoms with E-state index in [1.165, 1.54) is 17.4 Å². The van der Waals surface area contributed by atoms with Crippen molar-refractivity contribution in [3.05, 3.63) is 80.3 Å². The quantitative estimate of drug-likeness (QED) is 0.713. The summed E-state index contributed by atoms with van der Waals surface area (Å²) in [6.07, 6.45) is 1.70. The Labute approximate surface area is 163 Å². The number of carboxylic acids is 1. The Morgan fingerprint density at radius 2 is 1.79 bits per heavy atom. The first-order valence-electron chi connectivity index (χ1n) is 8.60. The SMILES string of the molecule is CCn1c(O)c(C=C2N=c3ccccc3=N2)sc1=Nc1ccccc1C(=O)O. The number of hydrogen-bond acceptors (Lipinski definition) is 6. The molecule has 0 spiro atoms. The third-order valence-electron chi connectivity index (χ3n) is 4.19. The maximum absolute atomic E-state index is 11.4. The minimum Gasteiger partial charge on any atom is -0.493 e. The summed E-state index contributed by atoms with van der Waals surface area (Å²) < 4.78 is 1.62. The van der Waals surface area contributed by atoms with Gasteiger partial charge in [0.1, 0.15) is 0 Å². The van der Waals surface area contributed by atoms with Crippen molar-refractivity contribution in [2.24, 2.45) is 15.0 Å². The van der Waals surface area contributed by atoms with E-state index in [0.717, 1.165) is 10.7 Å². The van der Waals surface area contributed by atoms with Crippen molar-refractivity contribution in [2.45, 2.75) is 13.5 Å². The Hall–Kier alpha value is -3.52. The highest BCUT2D eigenvalue weighted by Crippen LogP contribution is 2.25. The van der Waals surface area contributed by atoms with Crippen molar-refractivity contribution >= 4 is 29.1 Å². The molecule has 2 N–H and O–H groups in total. The van der Waals surface area contributed by atoms with Gasteiger partial charge in [-0.25, -0.2) is 19.8 Å². The van der Waals surface area contributed by atoms with E-state index < -0.39 is 5.97 Å². The molecule has 3 aromatic rings. The van der Waals surface area contributed by atoms with Crippen LogP contribution in [0.1, 0.15) is 22.2 Å². The lowest BCUT2D eigenvalue weighted by Gasteiger charge is -2.01. The Morgan fingerprint density at radius 1 is 1.14 bits per heavy atom. The second-order valence-electron chi connectivity index (χ2n) is 5.97. The first kappa shape index (κ1) is 17.9. The number of fused-ring (bicyclic) bond motifs is 1. The van der Waals surface area contributed by atoms with E-state index in [1.807, 2.05) is 31.2 Å². The van der Waals surface area contributed by atoms with Crippen LogP contribution in [0.4, 0.5) is 5.69 Å². The zero-order valence-corrected chi connectivity index (χ0v) is 15.7. The predicted molar refractivity (Wildman–Crippen MR) is 105 cm³/mol. The lowest BCUT2D eigenvalue weighted by molar-refractivity contribution is 0.0698. The van der Waals surface area contributed by atoms with Crippen LogP contribution in [0.15, 0.2) is 69.3 Å². The van der Waals surface area contributed by atoms with Crippen LogP contribution in [0, 0.1) is 0 Å². The van der Waals surface area contributed by atoms with Gasteiger partial charge in [-0.05, 0) is 31.2 Å². The van der Waals surface area contributed by atoms with Crippen molar-refractivity contribution < 1.29 is 15.0 Å². The number of aromatic carboxylic acids is 1. The summed E-state index contributed by atoms with van der Waals surface area (Å²) in [5.41, 5.74) is 0.439. The summed E-state index contributed by atoms with van der Waals surface area (Å²) in [4.78, 5) is 25.9. The molecule has 1 aliphatic rings. The second kappa shape index (κ2) is 7.24. The average Bonchev–Trinajstić information content (AvgIpc) is 3.22. The maximum atomic E-state index is 11.4. The van der Waals surface area contributed by atoms with Gasteiger partial charge in [0.05, 0.1) is 26.8 Å². The van der Waals surface area contributed by atoms with Gasteiger partial charge in [-0.15, -0.1) is 0 Å². The fourth-order valence-corrected chi connectivity index (χ4v) is 3.88. The molecule has 8 heteroatoms. The van der Waals surface area contributed by atoms with Gasteiger partial charge in [-0.3, -0.25) is 4.57 Å². The predicted octanol–water partition coefficient (Wildman–Crippen LogP) is 2.46. The lowest BCUT2D eigenvalue weighted by Crippen LogP contribution is -2.19. The molecule has 0 atom stereocenters. The smallest absolute Gasteiger partial charge is 0.337 e. The van der Waals surface area contributed by atoms with Crippen LogP contribution in [0.5, 0.6) is 5.88 Å². The van der Waals surface area contributed by atoms with Crippen LogP contribution in [-0.2, 0) is 6.54 Å². The number of thiazole rings is 1. The fraction of sp³-hybridized carbons (Fsp3) is 0.100. The second-order valence-corrected chi connectivity index (χ2v) is 6.97. The Balaban J connectivity index is 1.84. The number of aromatic hydroxyl groups is 1. The molecule has 0 aliphatic carbocycles. The van der Waals surface area contributed by atoms with Gasteiger partial charge < -0.3 is 10.2 Å². The molecule has 0 saturated heterocycles. The molecule has 4 rings (SSSR count). The number of carbonyl (C=O) groups is 1. The van der Waals surface area contributed by atoms with Gasteiger partial charge in [0, 0.05) is 12.6 Å². The molecule has 2 aromatic carbocycles. The van der Waals surface area contributed by atoms with Gasteiger partial charge in [0.25, 0.3) is 0 Å². The number of nitrogens with zero attached hydrogens (tertiary/aromatic N) is 4. The highest BCUT2D eigenvalue weighted by Gasteiger charge is 2.14. The van der Waals surface area contributed by atoms with Crippen molar-refractivity contribution in [1.82, 2.24) is 4.57 Å². The molecule has 0 saturated carbocycles. The van der Waals surface area contributed by atoms with Crippen LogP contribution < -0.4 is 15.5 Å². The largest absolute Gasteiger partial charge is 0.493 e. The molecule has 1 aliphatic heterocycles. The normalized spacial score (nSPS) is 13.0. The molecule has 7 nitrogen and oxygen atoms in total. The van der Waals surface area contributed by atoms with E-state index in [-0.39, 0.29) is 11.4 Å². The number of hydrogen-bond donors (Lipinski definition) is 2. The number of benzene rings is 2. The summed E-state index contributed by atoms with van der Waals surface area (Å²) in [6, 6.07) is 14.1. The molecule has 0 radical (unpaired) electrons. The minimum atomic E-state index is -1.05. The van der Waals surface area contributed by atoms with Gasteiger partial charge >= 0.3 is 5.97 Å². The summed E-state index contributed by atoms with van der Waals surface area (Å²) in [7, 11) is 0. The monoisotopic (exact) mass is 392 g/mol. The minimum absolute atomic E-state index is 0.0490. The Bertz CT molecular complexity index is 1260. The number of carboxylic acid groups (broad SMARTS) is 1. The zero-order valence-electron chi connectivity index (χ0n) is 14.9. The van der Waals surface area contributed by atoms with Gasteiger partial charge in [-0.2, -0.15) is 0 Å². The van der Waals surface area contributed by atoms with Crippen molar-refractivity contribution in [3.8, 4) is 5.88 Å². The van der Waals surface area contributed by atoms with Gasteiger partial charge in [-0.1, -0.05) is 35.6 Å². The van der Waals surface area contributed by atoms with E-state index in [9.17, 15) is 15.0 Å². The van der Waals surface area contributed by atoms with Crippen molar-refractivity contribution in [3.63, 3.8) is 0 Å². The van der Waals surface area contributed by atoms with E-state index in [1.54, 1.807) is 28.8 Å². The topological polar surface area (TPSA) is 99.5 Å². The zero-order chi connectivity index (χ0) is 19.7. The summed E-state index contributed by atoms with van der Waals surface area (Å²) in [6.45, 7) is 2.36. The number of aromatic nitrogens is 1. The highest BCUT2D eigenvalue weighted by molar-refractivity contribution is 7.10. The Morgan fingerprint density at radius 3 is 2.43 bits per heavy atom. The third kappa shape index (κ3) is 3.25. The van der Waals surface area contributed by atoms with E-state index >= 15 is 0 Å². The average molecular weight is 392 g/mol. The summed E-state index contributed by atoms with van der Waals surface area (Å²) in [5.74, 6) is -0.502. The molecule has 140 valence electrons. The van der Waals surface area contributed by atoms with Crippen LogP contribution in [-0.4, -0.2) is 20.7 Å². The van der Waals surface area contributed by atoms with Crippen LogP contribution >= 0.6 is 11.3 Å².